The Labute approximate surface area is 161 Å². The molecule has 26 heavy (non-hydrogen) atoms. The van der Waals surface area contributed by atoms with Crippen LogP contribution in [0.5, 0.6) is 5.75 Å². The molecule has 0 aliphatic heterocycles. The van der Waals surface area contributed by atoms with E-state index in [0.29, 0.717) is 21.4 Å². The van der Waals surface area contributed by atoms with Crippen molar-refractivity contribution in [3.63, 3.8) is 0 Å². The second-order valence-corrected chi connectivity index (χ2v) is 6.96. The third-order valence-corrected chi connectivity index (χ3v) is 4.67. The number of ether oxygens (including phenoxy) is 1. The number of hydrogen-bond acceptors (Lipinski definition) is 3. The van der Waals surface area contributed by atoms with Crippen LogP contribution in [0.2, 0.25) is 10.0 Å². The number of aromatic nitrogens is 2. The summed E-state index contributed by atoms with van der Waals surface area (Å²) in [5.41, 5.74) is 2.29. The quantitative estimate of drug-likeness (QED) is 0.634. The number of rotatable bonds is 7. The summed E-state index contributed by atoms with van der Waals surface area (Å²) < 4.78 is 9.38. The van der Waals surface area contributed by atoms with Crippen molar-refractivity contribution in [1.82, 2.24) is 9.13 Å². The van der Waals surface area contributed by atoms with Crippen LogP contribution in [0.3, 0.4) is 0 Å². The number of benzene rings is 2. The normalized spacial score (nSPS) is 12.5. The number of aryl methyl sites for hydroxylation is 1. The van der Waals surface area contributed by atoms with Crippen LogP contribution in [-0.4, -0.2) is 27.0 Å². The van der Waals surface area contributed by atoms with Crippen molar-refractivity contribution in [1.29, 1.82) is 5.41 Å². The van der Waals surface area contributed by atoms with Gasteiger partial charge in [0.25, 0.3) is 0 Å². The molecule has 3 aromatic rings. The molecule has 0 spiro atoms. The maximum atomic E-state index is 10.4. The first-order chi connectivity index (χ1) is 12.5. The number of halogens is 2. The Morgan fingerprint density at radius 2 is 1.81 bits per heavy atom. The van der Waals surface area contributed by atoms with Gasteiger partial charge >= 0.3 is 0 Å². The van der Waals surface area contributed by atoms with Crippen LogP contribution in [-0.2, 0) is 13.1 Å². The molecule has 1 atom stereocenters. The van der Waals surface area contributed by atoms with Gasteiger partial charge in [-0.15, -0.1) is 0 Å². The summed E-state index contributed by atoms with van der Waals surface area (Å²) in [6.45, 7) is 3.18. The minimum absolute atomic E-state index is 0.0705. The summed E-state index contributed by atoms with van der Waals surface area (Å²) in [7, 11) is 0. The first-order valence-electron chi connectivity index (χ1n) is 8.49. The second kappa shape index (κ2) is 8.16. The number of aliphatic hydroxyl groups is 1. The number of nitrogens with one attached hydrogen (secondary N) is 1. The summed E-state index contributed by atoms with van der Waals surface area (Å²) in [6.07, 6.45) is 0.155. The molecular weight excluding hydrogens is 373 g/mol. The zero-order valence-corrected chi connectivity index (χ0v) is 16.0. The van der Waals surface area contributed by atoms with Crippen LogP contribution in [0.4, 0.5) is 0 Å². The average Bonchev–Trinajstić information content (AvgIpc) is 2.87. The second-order valence-electron chi connectivity index (χ2n) is 6.11. The largest absolute Gasteiger partial charge is 0.489 e. The van der Waals surface area contributed by atoms with Gasteiger partial charge in [0, 0.05) is 11.6 Å². The Hall–Kier alpha value is -1.95. The van der Waals surface area contributed by atoms with Gasteiger partial charge in [0.05, 0.1) is 22.6 Å². The summed E-state index contributed by atoms with van der Waals surface area (Å²) in [5.74, 6) is 0.472. The average molecular weight is 394 g/mol. The zero-order chi connectivity index (χ0) is 18.7. The molecule has 0 saturated heterocycles. The molecule has 1 aromatic heterocycles. The van der Waals surface area contributed by atoms with Crippen molar-refractivity contribution in [2.45, 2.75) is 32.5 Å². The van der Waals surface area contributed by atoms with Crippen LogP contribution >= 0.6 is 23.2 Å². The number of nitrogens with zero attached hydrogens (tertiary/aromatic N) is 2. The molecule has 3 rings (SSSR count). The van der Waals surface area contributed by atoms with Crippen molar-refractivity contribution in [3.8, 4) is 5.75 Å². The number of para-hydroxylation sites is 2. The first-order valence-corrected chi connectivity index (χ1v) is 9.25. The molecule has 5 nitrogen and oxygen atoms in total. The molecule has 2 N–H and O–H groups in total. The Morgan fingerprint density at radius 3 is 2.46 bits per heavy atom. The molecule has 0 aliphatic carbocycles. The fourth-order valence-electron chi connectivity index (χ4n) is 2.97. The molecule has 0 bridgehead atoms. The van der Waals surface area contributed by atoms with E-state index in [9.17, 15) is 5.11 Å². The number of hydrogen-bond donors (Lipinski definition) is 2. The highest BCUT2D eigenvalue weighted by atomic mass is 35.5. The monoisotopic (exact) mass is 393 g/mol. The van der Waals surface area contributed by atoms with E-state index < -0.39 is 6.10 Å². The van der Waals surface area contributed by atoms with E-state index in [-0.39, 0.29) is 13.2 Å². The Bertz CT molecular complexity index is 965. The summed E-state index contributed by atoms with van der Waals surface area (Å²) in [5, 5.41) is 19.8. The van der Waals surface area contributed by atoms with E-state index in [4.69, 9.17) is 33.3 Å². The third-order valence-electron chi connectivity index (χ3n) is 4.14. The Morgan fingerprint density at radius 1 is 1.12 bits per heavy atom. The number of fused-ring (bicyclic) bond motifs is 1. The molecule has 0 saturated carbocycles. The van der Waals surface area contributed by atoms with Gasteiger partial charge < -0.3 is 19.0 Å². The lowest BCUT2D eigenvalue weighted by Gasteiger charge is -2.14. The van der Waals surface area contributed by atoms with E-state index in [2.05, 4.69) is 6.92 Å². The van der Waals surface area contributed by atoms with Crippen LogP contribution in [0.1, 0.15) is 13.3 Å². The van der Waals surface area contributed by atoms with Crippen molar-refractivity contribution in [3.05, 3.63) is 58.1 Å². The van der Waals surface area contributed by atoms with Crippen LogP contribution < -0.4 is 10.4 Å². The molecule has 138 valence electrons. The minimum atomic E-state index is -0.781. The summed E-state index contributed by atoms with van der Waals surface area (Å²) in [4.78, 5) is 0. The molecule has 1 heterocycles. The molecule has 2 aromatic carbocycles. The molecule has 0 fully saturated rings. The van der Waals surface area contributed by atoms with Gasteiger partial charge in [-0.1, -0.05) is 42.3 Å². The summed E-state index contributed by atoms with van der Waals surface area (Å²) in [6, 6.07) is 12.8. The predicted molar refractivity (Wildman–Crippen MR) is 104 cm³/mol. The molecule has 0 aliphatic rings. The van der Waals surface area contributed by atoms with Gasteiger partial charge in [0.2, 0.25) is 5.62 Å². The molecule has 1 unspecified atom stereocenters. The SMILES string of the molecule is CCCn1c(=N)n(CC(O)COc2ccc(Cl)cc2Cl)c2ccccc21. The van der Waals surface area contributed by atoms with Crippen molar-refractivity contribution >= 4 is 34.2 Å². The smallest absolute Gasteiger partial charge is 0.203 e. The van der Waals surface area contributed by atoms with Gasteiger partial charge in [0.15, 0.2) is 0 Å². The van der Waals surface area contributed by atoms with E-state index in [0.717, 1.165) is 24.0 Å². The van der Waals surface area contributed by atoms with E-state index in [1.807, 2.05) is 33.4 Å². The number of aliphatic hydroxyl groups excluding tert-OH is 1. The van der Waals surface area contributed by atoms with Gasteiger partial charge in [0.1, 0.15) is 18.5 Å². The molecule has 0 amide bonds. The standard InChI is InChI=1S/C19H21Cl2N3O2/c1-2-9-23-16-5-3-4-6-17(16)24(19(23)22)11-14(25)12-26-18-8-7-13(20)10-15(18)21/h3-8,10,14,22,25H,2,9,11-12H2,1H3. The number of imidazole rings is 1. The van der Waals surface area contributed by atoms with Crippen LogP contribution in [0.25, 0.3) is 11.0 Å². The van der Waals surface area contributed by atoms with Gasteiger partial charge in [-0.05, 0) is 36.8 Å². The van der Waals surface area contributed by atoms with Crippen molar-refractivity contribution < 1.29 is 9.84 Å². The lowest BCUT2D eigenvalue weighted by atomic mass is 10.3. The molecule has 7 heteroatoms. The highest BCUT2D eigenvalue weighted by molar-refractivity contribution is 6.35. The molecular formula is C19H21Cl2N3O2. The van der Waals surface area contributed by atoms with Crippen LogP contribution in [0, 0.1) is 5.41 Å². The van der Waals surface area contributed by atoms with Gasteiger partial charge in [-0.25, -0.2) is 0 Å². The Kier molecular flexibility index (Phi) is 5.91. The van der Waals surface area contributed by atoms with Gasteiger partial charge in [-0.2, -0.15) is 0 Å². The molecule has 0 radical (unpaired) electrons. The zero-order valence-electron chi connectivity index (χ0n) is 14.5. The fraction of sp³-hybridized carbons (Fsp3) is 0.316. The lowest BCUT2D eigenvalue weighted by molar-refractivity contribution is 0.0921. The predicted octanol–water partition coefficient (Wildman–Crippen LogP) is 4.08. The topological polar surface area (TPSA) is 63.2 Å². The van der Waals surface area contributed by atoms with E-state index >= 15 is 0 Å². The lowest BCUT2D eigenvalue weighted by Crippen LogP contribution is -2.31. The van der Waals surface area contributed by atoms with Crippen molar-refractivity contribution in [2.24, 2.45) is 0 Å². The maximum absolute atomic E-state index is 10.4. The third kappa shape index (κ3) is 3.90. The first kappa shape index (κ1) is 18.8. The minimum Gasteiger partial charge on any atom is -0.489 e. The Balaban J connectivity index is 1.78. The highest BCUT2D eigenvalue weighted by Gasteiger charge is 2.14. The van der Waals surface area contributed by atoms with E-state index in [1.165, 1.54) is 0 Å². The fourth-order valence-corrected chi connectivity index (χ4v) is 3.43. The van der Waals surface area contributed by atoms with E-state index in [1.54, 1.807) is 18.2 Å². The maximum Gasteiger partial charge on any atom is 0.203 e. The van der Waals surface area contributed by atoms with Crippen molar-refractivity contribution in [2.75, 3.05) is 6.61 Å². The van der Waals surface area contributed by atoms with Gasteiger partial charge in [-0.3, -0.25) is 5.41 Å². The van der Waals surface area contributed by atoms with Crippen LogP contribution in [0.15, 0.2) is 42.5 Å². The highest BCUT2D eigenvalue weighted by Crippen LogP contribution is 2.27. The summed E-state index contributed by atoms with van der Waals surface area (Å²) >= 11 is 12.0.